The molecular weight excluding hydrogens is 346 g/mol. The molecule has 1 rings (SSSR count). The van der Waals surface area contributed by atoms with Crippen LogP contribution < -0.4 is 25.8 Å². The Morgan fingerprint density at radius 3 is 2.00 bits per heavy atom. The number of halogens is 1. The maximum atomic E-state index is 12.3. The van der Waals surface area contributed by atoms with E-state index in [1.807, 2.05) is 13.8 Å². The number of nitrogens with one attached hydrogen (secondary N) is 2. The van der Waals surface area contributed by atoms with E-state index in [9.17, 15) is 9.59 Å². The van der Waals surface area contributed by atoms with Crippen LogP contribution in [0.4, 0.5) is 5.69 Å². The number of carbonyl (C=O) groups excluding carboxylic acids is 2. The average Bonchev–Trinajstić information content (AvgIpc) is 2.61. The summed E-state index contributed by atoms with van der Waals surface area (Å²) in [5.74, 6) is 0.589. The van der Waals surface area contributed by atoms with Crippen LogP contribution in [-0.4, -0.2) is 39.1 Å². The third kappa shape index (κ3) is 6.10. The van der Waals surface area contributed by atoms with Gasteiger partial charge in [-0.05, 0) is 12.8 Å². The largest absolute Gasteiger partial charge is 0.497 e. The van der Waals surface area contributed by atoms with Crippen molar-refractivity contribution < 1.29 is 19.1 Å². The SMILES string of the molecule is CCC(CC)(CN)C(=O)NCC(=O)Nc1cc(OC)cc(OC)c1.Cl. The van der Waals surface area contributed by atoms with E-state index in [0.717, 1.165) is 0 Å². The Labute approximate surface area is 155 Å². The highest BCUT2D eigenvalue weighted by molar-refractivity contribution is 5.95. The van der Waals surface area contributed by atoms with Crippen molar-refractivity contribution in [1.29, 1.82) is 0 Å². The second-order valence-electron chi connectivity index (χ2n) is 5.52. The number of nitrogens with two attached hydrogens (primary N) is 1. The molecule has 0 atom stereocenters. The Bertz CT molecular complexity index is 546. The molecule has 0 unspecified atom stereocenters. The van der Waals surface area contributed by atoms with Gasteiger partial charge in [-0.25, -0.2) is 0 Å². The summed E-state index contributed by atoms with van der Waals surface area (Å²) < 4.78 is 10.3. The summed E-state index contributed by atoms with van der Waals surface area (Å²) in [7, 11) is 3.06. The van der Waals surface area contributed by atoms with Gasteiger partial charge in [0.1, 0.15) is 11.5 Å². The van der Waals surface area contributed by atoms with Crippen molar-refractivity contribution >= 4 is 29.9 Å². The third-order valence-electron chi connectivity index (χ3n) is 4.27. The van der Waals surface area contributed by atoms with Gasteiger partial charge in [0.05, 0.1) is 26.2 Å². The zero-order chi connectivity index (χ0) is 18.2. The summed E-state index contributed by atoms with van der Waals surface area (Å²) in [6.07, 6.45) is 1.25. The molecule has 0 saturated heterocycles. The van der Waals surface area contributed by atoms with Gasteiger partial charge in [0.25, 0.3) is 0 Å². The van der Waals surface area contributed by atoms with Gasteiger partial charge in [-0.3, -0.25) is 9.59 Å². The van der Waals surface area contributed by atoms with Crippen LogP contribution in [0.2, 0.25) is 0 Å². The first-order chi connectivity index (χ1) is 11.4. The lowest BCUT2D eigenvalue weighted by Gasteiger charge is -2.28. The van der Waals surface area contributed by atoms with Crippen LogP contribution in [0.3, 0.4) is 0 Å². The molecule has 2 amide bonds. The molecule has 0 aliphatic rings. The summed E-state index contributed by atoms with van der Waals surface area (Å²) in [5.41, 5.74) is 5.64. The van der Waals surface area contributed by atoms with E-state index in [1.54, 1.807) is 18.2 Å². The third-order valence-corrected chi connectivity index (χ3v) is 4.27. The fraction of sp³-hybridized carbons (Fsp3) is 0.529. The van der Waals surface area contributed by atoms with E-state index in [0.29, 0.717) is 30.0 Å². The van der Waals surface area contributed by atoms with E-state index in [2.05, 4.69) is 10.6 Å². The number of benzene rings is 1. The lowest BCUT2D eigenvalue weighted by molar-refractivity contribution is -0.132. The monoisotopic (exact) mass is 373 g/mol. The number of carbonyl (C=O) groups is 2. The van der Waals surface area contributed by atoms with Crippen LogP contribution >= 0.6 is 12.4 Å². The summed E-state index contributed by atoms with van der Waals surface area (Å²) in [6.45, 7) is 3.96. The van der Waals surface area contributed by atoms with Crippen molar-refractivity contribution in [3.05, 3.63) is 18.2 Å². The topological polar surface area (TPSA) is 103 Å². The molecule has 0 spiro atoms. The molecule has 0 aliphatic heterocycles. The van der Waals surface area contributed by atoms with Gasteiger partial charge in [-0.2, -0.15) is 0 Å². The maximum Gasteiger partial charge on any atom is 0.243 e. The molecule has 0 saturated carbocycles. The Morgan fingerprint density at radius 1 is 1.08 bits per heavy atom. The number of ether oxygens (including phenoxy) is 2. The van der Waals surface area contributed by atoms with Crippen LogP contribution in [0.5, 0.6) is 11.5 Å². The molecule has 4 N–H and O–H groups in total. The summed E-state index contributed by atoms with van der Waals surface area (Å²) in [4.78, 5) is 24.4. The number of amides is 2. The zero-order valence-corrected chi connectivity index (χ0v) is 16.0. The van der Waals surface area contributed by atoms with Crippen molar-refractivity contribution in [2.45, 2.75) is 26.7 Å². The van der Waals surface area contributed by atoms with Gasteiger partial charge < -0.3 is 25.8 Å². The average molecular weight is 374 g/mol. The standard InChI is InChI=1S/C17H27N3O4.ClH/c1-5-17(6-2,11-18)16(22)19-10-15(21)20-12-7-13(23-3)9-14(8-12)24-4;/h7-9H,5-6,10-11,18H2,1-4H3,(H,19,22)(H,20,21);1H. The Hall–Kier alpha value is -1.99. The highest BCUT2D eigenvalue weighted by Crippen LogP contribution is 2.26. The second kappa shape index (κ2) is 10.8. The Morgan fingerprint density at radius 2 is 1.60 bits per heavy atom. The first-order valence-electron chi connectivity index (χ1n) is 7.96. The van der Waals surface area contributed by atoms with Gasteiger partial charge in [0, 0.05) is 30.4 Å². The van der Waals surface area contributed by atoms with E-state index >= 15 is 0 Å². The lowest BCUT2D eigenvalue weighted by Crippen LogP contribution is -2.47. The van der Waals surface area contributed by atoms with Crippen molar-refractivity contribution in [3.8, 4) is 11.5 Å². The molecule has 0 aliphatic carbocycles. The fourth-order valence-corrected chi connectivity index (χ4v) is 2.39. The molecule has 25 heavy (non-hydrogen) atoms. The minimum Gasteiger partial charge on any atom is -0.497 e. The molecule has 0 bridgehead atoms. The minimum atomic E-state index is -0.626. The van der Waals surface area contributed by atoms with Crippen molar-refractivity contribution in [2.24, 2.45) is 11.1 Å². The van der Waals surface area contributed by atoms with Gasteiger partial charge in [0.15, 0.2) is 0 Å². The first-order valence-corrected chi connectivity index (χ1v) is 7.96. The van der Waals surface area contributed by atoms with Crippen molar-refractivity contribution in [3.63, 3.8) is 0 Å². The summed E-state index contributed by atoms with van der Waals surface area (Å²) >= 11 is 0. The molecule has 1 aromatic carbocycles. The normalized spacial score (nSPS) is 10.4. The molecule has 7 nitrogen and oxygen atoms in total. The van der Waals surface area contributed by atoms with Crippen LogP contribution in [0, 0.1) is 5.41 Å². The predicted molar refractivity (Wildman–Crippen MR) is 101 cm³/mol. The molecule has 0 radical (unpaired) electrons. The maximum absolute atomic E-state index is 12.3. The highest BCUT2D eigenvalue weighted by atomic mass is 35.5. The fourth-order valence-electron chi connectivity index (χ4n) is 2.39. The second-order valence-corrected chi connectivity index (χ2v) is 5.52. The zero-order valence-electron chi connectivity index (χ0n) is 15.2. The molecular formula is C17H28ClN3O4. The van der Waals surface area contributed by atoms with E-state index in [1.165, 1.54) is 14.2 Å². The Kier molecular flexibility index (Phi) is 9.93. The van der Waals surface area contributed by atoms with Crippen LogP contribution in [0.15, 0.2) is 18.2 Å². The van der Waals surface area contributed by atoms with Crippen LogP contribution in [0.1, 0.15) is 26.7 Å². The lowest BCUT2D eigenvalue weighted by atomic mass is 9.81. The van der Waals surface area contributed by atoms with Crippen LogP contribution in [-0.2, 0) is 9.59 Å². The number of hydrogen-bond acceptors (Lipinski definition) is 5. The van der Waals surface area contributed by atoms with Crippen molar-refractivity contribution in [2.75, 3.05) is 32.6 Å². The summed E-state index contributed by atoms with van der Waals surface area (Å²) in [5, 5.41) is 5.37. The number of rotatable bonds is 9. The first kappa shape index (κ1) is 23.0. The van der Waals surface area contributed by atoms with Crippen molar-refractivity contribution in [1.82, 2.24) is 5.32 Å². The van der Waals surface area contributed by atoms with E-state index < -0.39 is 5.41 Å². The molecule has 0 heterocycles. The van der Waals surface area contributed by atoms with Gasteiger partial charge in [-0.1, -0.05) is 13.8 Å². The van der Waals surface area contributed by atoms with Crippen LogP contribution in [0.25, 0.3) is 0 Å². The van der Waals surface area contributed by atoms with Gasteiger partial charge in [-0.15, -0.1) is 12.4 Å². The predicted octanol–water partition coefficient (Wildman–Crippen LogP) is 1.95. The summed E-state index contributed by atoms with van der Waals surface area (Å²) in [6, 6.07) is 5.05. The molecule has 142 valence electrons. The number of hydrogen-bond donors (Lipinski definition) is 3. The Balaban J connectivity index is 0.00000576. The smallest absolute Gasteiger partial charge is 0.243 e. The molecule has 1 aromatic rings. The van der Waals surface area contributed by atoms with Gasteiger partial charge in [0.2, 0.25) is 11.8 Å². The highest BCUT2D eigenvalue weighted by Gasteiger charge is 2.33. The molecule has 0 fully saturated rings. The quantitative estimate of drug-likeness (QED) is 0.614. The van der Waals surface area contributed by atoms with E-state index in [4.69, 9.17) is 15.2 Å². The minimum absolute atomic E-state index is 0. The van der Waals surface area contributed by atoms with Gasteiger partial charge >= 0.3 is 0 Å². The van der Waals surface area contributed by atoms with E-state index in [-0.39, 0.29) is 37.3 Å². The number of methoxy groups -OCH3 is 2. The molecule has 8 heteroatoms. The molecule has 0 aromatic heterocycles. The number of anilines is 1.